The Kier molecular flexibility index (Phi) is 2.04. The Labute approximate surface area is 77.0 Å². The number of amides is 1. The summed E-state index contributed by atoms with van der Waals surface area (Å²) in [6, 6.07) is 0. The van der Waals surface area contributed by atoms with E-state index in [0.29, 0.717) is 5.95 Å². The summed E-state index contributed by atoms with van der Waals surface area (Å²) in [6.45, 7) is 2.48. The molecule has 1 aromatic rings. The molecule has 1 heterocycles. The molecule has 1 N–H and O–H groups in total. The molecule has 2 rings (SSSR count). The Morgan fingerprint density at radius 2 is 2.54 bits per heavy atom. The lowest BCUT2D eigenvalue weighted by Crippen LogP contribution is -2.12. The molecule has 1 saturated carbocycles. The predicted molar refractivity (Wildman–Crippen MR) is 49.3 cm³/mol. The van der Waals surface area contributed by atoms with Gasteiger partial charge in [-0.25, -0.2) is 4.98 Å². The monoisotopic (exact) mass is 179 g/mol. The number of nitrogens with one attached hydrogen (secondary N) is 1. The number of imidazole rings is 1. The first kappa shape index (κ1) is 8.29. The highest BCUT2D eigenvalue weighted by molar-refractivity contribution is 5.86. The summed E-state index contributed by atoms with van der Waals surface area (Å²) in [5, 5.41) is 2.70. The third-order valence-corrected chi connectivity index (χ3v) is 2.16. The van der Waals surface area contributed by atoms with Crippen LogP contribution in [0.1, 0.15) is 19.8 Å². The van der Waals surface area contributed by atoms with Gasteiger partial charge >= 0.3 is 0 Å². The van der Waals surface area contributed by atoms with Gasteiger partial charge in [-0.05, 0) is 18.8 Å². The van der Waals surface area contributed by atoms with Crippen molar-refractivity contribution in [3.63, 3.8) is 0 Å². The van der Waals surface area contributed by atoms with E-state index < -0.39 is 0 Å². The molecule has 0 aliphatic heterocycles. The Hall–Kier alpha value is -1.32. The Bertz CT molecular complexity index is 314. The summed E-state index contributed by atoms with van der Waals surface area (Å²) in [5.41, 5.74) is 0. The quantitative estimate of drug-likeness (QED) is 0.759. The van der Waals surface area contributed by atoms with Crippen molar-refractivity contribution in [3.8, 4) is 0 Å². The minimum absolute atomic E-state index is 0.0664. The van der Waals surface area contributed by atoms with Gasteiger partial charge in [-0.3, -0.25) is 10.1 Å². The van der Waals surface area contributed by atoms with Crippen molar-refractivity contribution in [1.29, 1.82) is 0 Å². The highest BCUT2D eigenvalue weighted by atomic mass is 16.1. The lowest BCUT2D eigenvalue weighted by atomic mass is 10.4. The molecule has 0 unspecified atom stereocenters. The fourth-order valence-corrected chi connectivity index (χ4v) is 1.32. The highest BCUT2D eigenvalue weighted by Crippen LogP contribution is 2.31. The van der Waals surface area contributed by atoms with Crippen LogP contribution >= 0.6 is 0 Å². The van der Waals surface area contributed by atoms with Crippen LogP contribution in [0.3, 0.4) is 0 Å². The Morgan fingerprint density at radius 1 is 1.77 bits per heavy atom. The van der Waals surface area contributed by atoms with Gasteiger partial charge in [0, 0.05) is 25.9 Å². The van der Waals surface area contributed by atoms with E-state index in [2.05, 4.69) is 10.3 Å². The van der Waals surface area contributed by atoms with Crippen LogP contribution in [0.15, 0.2) is 12.4 Å². The van der Waals surface area contributed by atoms with Crippen molar-refractivity contribution in [1.82, 2.24) is 9.55 Å². The first-order valence-corrected chi connectivity index (χ1v) is 4.54. The number of hydrogen-bond acceptors (Lipinski definition) is 2. The number of carbonyl (C=O) groups excluding carboxylic acids is 1. The van der Waals surface area contributed by atoms with Crippen molar-refractivity contribution in [2.75, 3.05) is 5.32 Å². The summed E-state index contributed by atoms with van der Waals surface area (Å²) in [6.07, 6.45) is 6.23. The second kappa shape index (κ2) is 3.20. The predicted octanol–water partition coefficient (Wildman–Crippen LogP) is 1.25. The largest absolute Gasteiger partial charge is 0.317 e. The van der Waals surface area contributed by atoms with E-state index >= 15 is 0 Å². The number of hydrogen-bond donors (Lipinski definition) is 1. The maximum atomic E-state index is 10.8. The van der Waals surface area contributed by atoms with E-state index in [1.165, 1.54) is 19.8 Å². The van der Waals surface area contributed by atoms with Crippen LogP contribution in [0.4, 0.5) is 5.95 Å². The van der Waals surface area contributed by atoms with E-state index in [-0.39, 0.29) is 5.91 Å². The van der Waals surface area contributed by atoms with Crippen molar-refractivity contribution < 1.29 is 4.79 Å². The molecule has 0 radical (unpaired) electrons. The third-order valence-electron chi connectivity index (χ3n) is 2.16. The molecule has 70 valence electrons. The summed E-state index contributed by atoms with van der Waals surface area (Å²) in [5.74, 6) is 1.39. The molecule has 1 fully saturated rings. The van der Waals surface area contributed by atoms with Crippen LogP contribution in [0.2, 0.25) is 0 Å². The van der Waals surface area contributed by atoms with E-state index in [1.807, 2.05) is 10.8 Å². The summed E-state index contributed by atoms with van der Waals surface area (Å²) >= 11 is 0. The van der Waals surface area contributed by atoms with Crippen LogP contribution in [-0.2, 0) is 11.3 Å². The van der Waals surface area contributed by atoms with Gasteiger partial charge in [-0.15, -0.1) is 0 Å². The summed E-state index contributed by atoms with van der Waals surface area (Å²) < 4.78 is 2.00. The molecule has 4 nitrogen and oxygen atoms in total. The molecule has 1 aliphatic carbocycles. The molecule has 0 atom stereocenters. The lowest BCUT2D eigenvalue weighted by molar-refractivity contribution is -0.114. The third kappa shape index (κ3) is 2.08. The molecule has 13 heavy (non-hydrogen) atoms. The molecular formula is C9H13N3O. The van der Waals surface area contributed by atoms with Crippen LogP contribution < -0.4 is 5.32 Å². The van der Waals surface area contributed by atoms with Crippen molar-refractivity contribution >= 4 is 11.9 Å². The number of rotatable bonds is 3. The SMILES string of the molecule is CC(=O)Nc1nccn1CC1CC1. The number of carbonyl (C=O) groups is 1. The average Bonchev–Trinajstić information content (AvgIpc) is 2.75. The first-order valence-electron chi connectivity index (χ1n) is 4.54. The van der Waals surface area contributed by atoms with E-state index in [9.17, 15) is 4.79 Å². The highest BCUT2D eigenvalue weighted by Gasteiger charge is 2.22. The fraction of sp³-hybridized carbons (Fsp3) is 0.556. The van der Waals surface area contributed by atoms with E-state index in [4.69, 9.17) is 0 Å². The second-order valence-electron chi connectivity index (χ2n) is 3.53. The Balaban J connectivity index is 2.05. The summed E-state index contributed by atoms with van der Waals surface area (Å²) in [4.78, 5) is 14.9. The first-order chi connectivity index (χ1) is 6.25. The lowest BCUT2D eigenvalue weighted by Gasteiger charge is -2.05. The van der Waals surface area contributed by atoms with Gasteiger partial charge in [0.1, 0.15) is 0 Å². The number of nitrogens with zero attached hydrogens (tertiary/aromatic N) is 2. The van der Waals surface area contributed by atoms with Crippen LogP contribution in [-0.4, -0.2) is 15.5 Å². The van der Waals surface area contributed by atoms with Gasteiger partial charge in [-0.1, -0.05) is 0 Å². The molecule has 0 aromatic carbocycles. The van der Waals surface area contributed by atoms with E-state index in [1.54, 1.807) is 6.20 Å². The smallest absolute Gasteiger partial charge is 0.223 e. The van der Waals surface area contributed by atoms with Gasteiger partial charge in [0.2, 0.25) is 11.9 Å². The zero-order valence-corrected chi connectivity index (χ0v) is 7.66. The normalized spacial score (nSPS) is 15.8. The van der Waals surface area contributed by atoms with Gasteiger partial charge in [0.15, 0.2) is 0 Å². The van der Waals surface area contributed by atoms with Crippen LogP contribution in [0.25, 0.3) is 0 Å². The average molecular weight is 179 g/mol. The van der Waals surface area contributed by atoms with Crippen molar-refractivity contribution in [2.24, 2.45) is 5.92 Å². The van der Waals surface area contributed by atoms with Crippen LogP contribution in [0, 0.1) is 5.92 Å². The van der Waals surface area contributed by atoms with Crippen LogP contribution in [0.5, 0.6) is 0 Å². The zero-order valence-electron chi connectivity index (χ0n) is 7.66. The molecule has 1 amide bonds. The Morgan fingerprint density at radius 3 is 3.15 bits per heavy atom. The second-order valence-corrected chi connectivity index (χ2v) is 3.53. The molecule has 0 saturated heterocycles. The maximum Gasteiger partial charge on any atom is 0.223 e. The molecule has 1 aromatic heterocycles. The fourth-order valence-electron chi connectivity index (χ4n) is 1.32. The van der Waals surface area contributed by atoms with Gasteiger partial charge in [-0.2, -0.15) is 0 Å². The number of anilines is 1. The molecule has 4 heteroatoms. The molecule has 0 bridgehead atoms. The number of aromatic nitrogens is 2. The zero-order chi connectivity index (χ0) is 9.26. The summed E-state index contributed by atoms with van der Waals surface area (Å²) in [7, 11) is 0. The maximum absolute atomic E-state index is 10.8. The molecular weight excluding hydrogens is 166 g/mol. The van der Waals surface area contributed by atoms with Crippen molar-refractivity contribution in [3.05, 3.63) is 12.4 Å². The standard InChI is InChI=1S/C9H13N3O/c1-7(13)11-9-10-4-5-12(9)6-8-2-3-8/h4-5,8H,2-3,6H2,1H3,(H,10,11,13). The molecule has 0 spiro atoms. The van der Waals surface area contributed by atoms with Gasteiger partial charge in [0.25, 0.3) is 0 Å². The van der Waals surface area contributed by atoms with Gasteiger partial charge < -0.3 is 4.57 Å². The van der Waals surface area contributed by atoms with E-state index in [0.717, 1.165) is 12.5 Å². The minimum atomic E-state index is -0.0664. The van der Waals surface area contributed by atoms with Gasteiger partial charge in [0.05, 0.1) is 0 Å². The topological polar surface area (TPSA) is 46.9 Å². The van der Waals surface area contributed by atoms with Crippen molar-refractivity contribution in [2.45, 2.75) is 26.3 Å². The minimum Gasteiger partial charge on any atom is -0.317 e. The molecule has 1 aliphatic rings.